The van der Waals surface area contributed by atoms with Crippen molar-refractivity contribution in [2.75, 3.05) is 5.32 Å². The zero-order valence-electron chi connectivity index (χ0n) is 9.98. The van der Waals surface area contributed by atoms with Crippen LogP contribution >= 0.6 is 0 Å². The highest BCUT2D eigenvalue weighted by atomic mass is 19.1. The van der Waals surface area contributed by atoms with E-state index in [0.717, 1.165) is 0 Å². The maximum atomic E-state index is 13.4. The van der Waals surface area contributed by atoms with Crippen LogP contribution in [0.4, 0.5) is 10.1 Å². The van der Waals surface area contributed by atoms with Crippen molar-refractivity contribution in [3.8, 4) is 0 Å². The van der Waals surface area contributed by atoms with Gasteiger partial charge in [0.1, 0.15) is 11.7 Å². The van der Waals surface area contributed by atoms with E-state index in [4.69, 9.17) is 11.1 Å². The Labute approximate surface area is 109 Å². The molecule has 0 aliphatic carbocycles. The second-order valence-electron chi connectivity index (χ2n) is 3.92. The molecule has 2 rings (SSSR count). The van der Waals surface area contributed by atoms with Gasteiger partial charge in [0.05, 0.1) is 5.69 Å². The topological polar surface area (TPSA) is 79.0 Å². The molecule has 4 N–H and O–H groups in total. The molecule has 4 nitrogen and oxygen atoms in total. The summed E-state index contributed by atoms with van der Waals surface area (Å²) in [6.45, 7) is 0. The molecule has 0 aliphatic rings. The Morgan fingerprint density at radius 3 is 2.21 bits per heavy atom. The van der Waals surface area contributed by atoms with Crippen LogP contribution < -0.4 is 11.1 Å². The van der Waals surface area contributed by atoms with Crippen molar-refractivity contribution in [1.82, 2.24) is 0 Å². The molecule has 96 valence electrons. The molecular weight excluding hydrogens is 245 g/mol. The van der Waals surface area contributed by atoms with Crippen molar-refractivity contribution in [1.29, 1.82) is 5.41 Å². The summed E-state index contributed by atoms with van der Waals surface area (Å²) in [4.78, 5) is 11.9. The molecule has 0 radical (unpaired) electrons. The van der Waals surface area contributed by atoms with E-state index >= 15 is 0 Å². The smallest absolute Gasteiger partial charge is 0.255 e. The van der Waals surface area contributed by atoms with Crippen LogP contribution in [0.3, 0.4) is 0 Å². The minimum Gasteiger partial charge on any atom is -0.384 e. The molecule has 5 heteroatoms. The Hall–Kier alpha value is -2.69. The monoisotopic (exact) mass is 257 g/mol. The number of benzene rings is 2. The van der Waals surface area contributed by atoms with Gasteiger partial charge in [-0.15, -0.1) is 0 Å². The predicted molar refractivity (Wildman–Crippen MR) is 71.8 cm³/mol. The third kappa shape index (κ3) is 2.95. The largest absolute Gasteiger partial charge is 0.384 e. The quantitative estimate of drug-likeness (QED) is 0.583. The Morgan fingerprint density at radius 2 is 1.63 bits per heavy atom. The van der Waals surface area contributed by atoms with E-state index in [1.165, 1.54) is 24.3 Å². The molecule has 0 spiro atoms. The van der Waals surface area contributed by atoms with E-state index in [1.807, 2.05) is 0 Å². The number of anilines is 1. The maximum Gasteiger partial charge on any atom is 0.255 e. The second-order valence-corrected chi connectivity index (χ2v) is 3.92. The molecular formula is C14H12FN3O. The summed E-state index contributed by atoms with van der Waals surface area (Å²) in [5.74, 6) is -0.975. The Balaban J connectivity index is 2.16. The molecule has 1 amide bonds. The summed E-state index contributed by atoms with van der Waals surface area (Å²) < 4.78 is 13.4. The molecule has 0 saturated carbocycles. The molecule has 0 atom stereocenters. The third-order valence-electron chi connectivity index (χ3n) is 2.58. The van der Waals surface area contributed by atoms with E-state index in [1.54, 1.807) is 24.3 Å². The minimum absolute atomic E-state index is 0.0685. The lowest BCUT2D eigenvalue weighted by Crippen LogP contribution is -2.14. The molecule has 2 aromatic carbocycles. The van der Waals surface area contributed by atoms with Gasteiger partial charge >= 0.3 is 0 Å². The van der Waals surface area contributed by atoms with E-state index in [9.17, 15) is 9.18 Å². The Bertz CT molecular complexity index is 623. The van der Waals surface area contributed by atoms with Gasteiger partial charge in [-0.2, -0.15) is 0 Å². The lowest BCUT2D eigenvalue weighted by atomic mass is 10.1. The second kappa shape index (κ2) is 5.30. The van der Waals surface area contributed by atoms with Crippen LogP contribution in [0.2, 0.25) is 0 Å². The van der Waals surface area contributed by atoms with Crippen LogP contribution in [0.1, 0.15) is 15.9 Å². The highest BCUT2D eigenvalue weighted by Gasteiger charge is 2.09. The molecule has 19 heavy (non-hydrogen) atoms. The summed E-state index contributed by atoms with van der Waals surface area (Å²) in [7, 11) is 0. The number of rotatable bonds is 3. The van der Waals surface area contributed by atoms with E-state index in [-0.39, 0.29) is 11.5 Å². The van der Waals surface area contributed by atoms with Gasteiger partial charge in [-0.25, -0.2) is 4.39 Å². The molecule has 2 aromatic rings. The number of halogens is 1. The molecule has 0 bridgehead atoms. The zero-order chi connectivity index (χ0) is 13.8. The standard InChI is InChI=1S/C14H12FN3O/c15-11-3-1-2-4-12(11)18-14(19)10-7-5-9(6-8-10)13(16)17/h1-8H,(H3,16,17)(H,18,19). The Kier molecular flexibility index (Phi) is 3.56. The van der Waals surface area contributed by atoms with Gasteiger partial charge < -0.3 is 11.1 Å². The van der Waals surface area contributed by atoms with E-state index in [0.29, 0.717) is 11.1 Å². The van der Waals surface area contributed by atoms with Crippen LogP contribution in [0.25, 0.3) is 0 Å². The van der Waals surface area contributed by atoms with E-state index in [2.05, 4.69) is 5.32 Å². The third-order valence-corrected chi connectivity index (χ3v) is 2.58. The normalized spacial score (nSPS) is 9.95. The average molecular weight is 257 g/mol. The first kappa shape index (κ1) is 12.8. The highest BCUT2D eigenvalue weighted by molar-refractivity contribution is 6.05. The number of hydrogen-bond acceptors (Lipinski definition) is 2. The van der Waals surface area contributed by atoms with Crippen molar-refractivity contribution >= 4 is 17.4 Å². The maximum absolute atomic E-state index is 13.4. The SMILES string of the molecule is N=C(N)c1ccc(C(=O)Nc2ccccc2F)cc1. The number of para-hydroxylation sites is 1. The van der Waals surface area contributed by atoms with Gasteiger partial charge in [-0.3, -0.25) is 10.2 Å². The first-order valence-electron chi connectivity index (χ1n) is 5.58. The number of hydrogen-bond donors (Lipinski definition) is 3. The highest BCUT2D eigenvalue weighted by Crippen LogP contribution is 2.14. The fourth-order valence-corrected chi connectivity index (χ4v) is 1.56. The number of nitrogen functional groups attached to an aromatic ring is 1. The van der Waals surface area contributed by atoms with Crippen molar-refractivity contribution in [3.63, 3.8) is 0 Å². The molecule has 0 unspecified atom stereocenters. The number of amides is 1. The van der Waals surface area contributed by atoms with Crippen LogP contribution in [-0.2, 0) is 0 Å². The van der Waals surface area contributed by atoms with Gasteiger partial charge in [0.15, 0.2) is 0 Å². The fourth-order valence-electron chi connectivity index (χ4n) is 1.56. The minimum atomic E-state index is -0.490. The molecule has 0 heterocycles. The van der Waals surface area contributed by atoms with Gasteiger partial charge in [0, 0.05) is 11.1 Å². The lowest BCUT2D eigenvalue weighted by molar-refractivity contribution is 0.102. The van der Waals surface area contributed by atoms with Crippen molar-refractivity contribution in [2.45, 2.75) is 0 Å². The molecule has 0 fully saturated rings. The number of amidine groups is 1. The summed E-state index contributed by atoms with van der Waals surface area (Å²) in [5.41, 5.74) is 6.34. The van der Waals surface area contributed by atoms with Gasteiger partial charge in [-0.1, -0.05) is 24.3 Å². The molecule has 0 aromatic heterocycles. The summed E-state index contributed by atoms with van der Waals surface area (Å²) >= 11 is 0. The number of nitrogens with one attached hydrogen (secondary N) is 2. The first-order valence-corrected chi connectivity index (χ1v) is 5.58. The van der Waals surface area contributed by atoms with Crippen molar-refractivity contribution < 1.29 is 9.18 Å². The van der Waals surface area contributed by atoms with Crippen LogP contribution in [0.15, 0.2) is 48.5 Å². The van der Waals surface area contributed by atoms with Gasteiger partial charge in [0.2, 0.25) is 0 Å². The number of nitrogens with two attached hydrogens (primary N) is 1. The molecule has 0 aliphatic heterocycles. The fraction of sp³-hybridized carbons (Fsp3) is 0. The summed E-state index contributed by atoms with van der Waals surface area (Å²) in [6.07, 6.45) is 0. The Morgan fingerprint density at radius 1 is 1.05 bits per heavy atom. The lowest BCUT2D eigenvalue weighted by Gasteiger charge is -2.06. The van der Waals surface area contributed by atoms with E-state index < -0.39 is 11.7 Å². The number of carbonyl (C=O) groups excluding carboxylic acids is 1. The number of carbonyl (C=O) groups is 1. The summed E-state index contributed by atoms with van der Waals surface area (Å²) in [5, 5.41) is 9.72. The van der Waals surface area contributed by atoms with Gasteiger partial charge in [-0.05, 0) is 24.3 Å². The average Bonchev–Trinajstić information content (AvgIpc) is 2.41. The van der Waals surface area contributed by atoms with Crippen LogP contribution in [0.5, 0.6) is 0 Å². The first-order chi connectivity index (χ1) is 9.08. The van der Waals surface area contributed by atoms with Crippen molar-refractivity contribution in [3.05, 3.63) is 65.5 Å². The predicted octanol–water partition coefficient (Wildman–Crippen LogP) is 2.36. The zero-order valence-corrected chi connectivity index (χ0v) is 9.98. The summed E-state index contributed by atoms with van der Waals surface area (Å²) in [6, 6.07) is 12.1. The van der Waals surface area contributed by atoms with Crippen molar-refractivity contribution in [2.24, 2.45) is 5.73 Å². The van der Waals surface area contributed by atoms with Crippen LogP contribution in [-0.4, -0.2) is 11.7 Å². The molecule has 0 saturated heterocycles. The van der Waals surface area contributed by atoms with Gasteiger partial charge in [0.25, 0.3) is 5.91 Å². The van der Waals surface area contributed by atoms with Crippen LogP contribution in [0, 0.1) is 11.2 Å².